The molecule has 1 N–H and O–H groups in total. The molecule has 2 heterocycles. The third-order valence-corrected chi connectivity index (χ3v) is 3.22. The maximum Gasteiger partial charge on any atom is 0.407 e. The van der Waals surface area contributed by atoms with Crippen LogP contribution in [0.2, 0.25) is 0 Å². The van der Waals surface area contributed by atoms with Crippen molar-refractivity contribution in [3.8, 4) is 0 Å². The SMILES string of the molecule is CC(C)(C)OC(=O)N[C@@H]1CCN2C(=O)CC[C@H]12. The van der Waals surface area contributed by atoms with E-state index < -0.39 is 5.60 Å². The van der Waals surface area contributed by atoms with Gasteiger partial charge in [-0.15, -0.1) is 0 Å². The van der Waals surface area contributed by atoms with Crippen molar-refractivity contribution in [3.63, 3.8) is 0 Å². The number of carbonyl (C=O) groups excluding carboxylic acids is 2. The van der Waals surface area contributed by atoms with Crippen LogP contribution in [0.25, 0.3) is 0 Å². The van der Waals surface area contributed by atoms with Crippen LogP contribution in [0.4, 0.5) is 4.79 Å². The van der Waals surface area contributed by atoms with E-state index in [0.29, 0.717) is 6.42 Å². The minimum absolute atomic E-state index is 0.0521. The fraction of sp³-hybridized carbons (Fsp3) is 0.833. The topological polar surface area (TPSA) is 58.6 Å². The van der Waals surface area contributed by atoms with E-state index in [1.54, 1.807) is 0 Å². The van der Waals surface area contributed by atoms with E-state index in [1.165, 1.54) is 0 Å². The van der Waals surface area contributed by atoms with E-state index in [4.69, 9.17) is 4.74 Å². The number of alkyl carbamates (subject to hydrolysis) is 1. The highest BCUT2D eigenvalue weighted by atomic mass is 16.6. The van der Waals surface area contributed by atoms with Gasteiger partial charge in [0, 0.05) is 13.0 Å². The van der Waals surface area contributed by atoms with Gasteiger partial charge in [0.15, 0.2) is 0 Å². The van der Waals surface area contributed by atoms with Crippen LogP contribution in [0.5, 0.6) is 0 Å². The van der Waals surface area contributed by atoms with E-state index in [1.807, 2.05) is 25.7 Å². The normalized spacial score (nSPS) is 28.2. The van der Waals surface area contributed by atoms with Gasteiger partial charge in [0.1, 0.15) is 5.60 Å². The Balaban J connectivity index is 1.88. The summed E-state index contributed by atoms with van der Waals surface area (Å²) in [6.07, 6.45) is 1.90. The van der Waals surface area contributed by atoms with Crippen molar-refractivity contribution >= 4 is 12.0 Å². The molecule has 0 unspecified atom stereocenters. The Morgan fingerprint density at radius 3 is 2.76 bits per heavy atom. The maximum absolute atomic E-state index is 11.6. The standard InChI is InChI=1S/C12H20N2O3/c1-12(2,3)17-11(16)13-8-6-7-14-9(8)4-5-10(14)15/h8-9H,4-7H2,1-3H3,(H,13,16)/t8-,9-/m1/s1. The molecule has 5 heteroatoms. The van der Waals surface area contributed by atoms with Crippen LogP contribution in [0, 0.1) is 0 Å². The van der Waals surface area contributed by atoms with Crippen molar-refractivity contribution < 1.29 is 14.3 Å². The summed E-state index contributed by atoms with van der Waals surface area (Å²) in [6.45, 7) is 6.27. The first kappa shape index (κ1) is 12.2. The molecule has 2 atom stereocenters. The molecular weight excluding hydrogens is 220 g/mol. The number of hydrogen-bond donors (Lipinski definition) is 1. The van der Waals surface area contributed by atoms with Gasteiger partial charge in [0.2, 0.25) is 5.91 Å². The quantitative estimate of drug-likeness (QED) is 0.751. The second-order valence-electron chi connectivity index (χ2n) is 5.73. The molecule has 2 saturated heterocycles. The Bertz CT molecular complexity index is 335. The highest BCUT2D eigenvalue weighted by Gasteiger charge is 2.42. The van der Waals surface area contributed by atoms with Gasteiger partial charge < -0.3 is 15.0 Å². The van der Waals surface area contributed by atoms with Crippen LogP contribution in [-0.2, 0) is 9.53 Å². The minimum atomic E-state index is -0.478. The summed E-state index contributed by atoms with van der Waals surface area (Å²) in [4.78, 5) is 25.0. The highest BCUT2D eigenvalue weighted by Crippen LogP contribution is 2.29. The Morgan fingerprint density at radius 1 is 1.41 bits per heavy atom. The van der Waals surface area contributed by atoms with E-state index in [9.17, 15) is 9.59 Å². The Labute approximate surface area is 101 Å². The average Bonchev–Trinajstić information content (AvgIpc) is 2.69. The molecular formula is C12H20N2O3. The Kier molecular flexibility index (Phi) is 3.02. The fourth-order valence-corrected chi connectivity index (χ4v) is 2.56. The zero-order valence-corrected chi connectivity index (χ0v) is 10.7. The van der Waals surface area contributed by atoms with Gasteiger partial charge in [0.05, 0.1) is 12.1 Å². The lowest BCUT2D eigenvalue weighted by Crippen LogP contribution is -2.44. The number of nitrogens with zero attached hydrogens (tertiary/aromatic N) is 1. The molecule has 5 nitrogen and oxygen atoms in total. The maximum atomic E-state index is 11.6. The first-order chi connectivity index (χ1) is 7.87. The van der Waals surface area contributed by atoms with E-state index in [2.05, 4.69) is 5.32 Å². The second kappa shape index (κ2) is 4.20. The van der Waals surface area contributed by atoms with Crippen LogP contribution in [-0.4, -0.2) is 41.1 Å². The summed E-state index contributed by atoms with van der Waals surface area (Å²) in [5.41, 5.74) is -0.478. The van der Waals surface area contributed by atoms with Crippen LogP contribution in [0.3, 0.4) is 0 Å². The molecule has 0 aromatic carbocycles. The van der Waals surface area contributed by atoms with E-state index >= 15 is 0 Å². The second-order valence-corrected chi connectivity index (χ2v) is 5.73. The minimum Gasteiger partial charge on any atom is -0.444 e. The molecule has 2 amide bonds. The van der Waals surface area contributed by atoms with Gasteiger partial charge in [-0.1, -0.05) is 0 Å². The molecule has 0 aromatic rings. The van der Waals surface area contributed by atoms with Crippen molar-refractivity contribution in [1.82, 2.24) is 10.2 Å². The van der Waals surface area contributed by atoms with Gasteiger partial charge in [-0.25, -0.2) is 4.79 Å². The number of amides is 2. The van der Waals surface area contributed by atoms with Gasteiger partial charge >= 0.3 is 6.09 Å². The molecule has 2 aliphatic heterocycles. The summed E-state index contributed by atoms with van der Waals surface area (Å²) < 4.78 is 5.22. The van der Waals surface area contributed by atoms with Crippen molar-refractivity contribution in [2.24, 2.45) is 0 Å². The number of rotatable bonds is 1. The molecule has 0 radical (unpaired) electrons. The fourth-order valence-electron chi connectivity index (χ4n) is 2.56. The Hall–Kier alpha value is -1.26. The van der Waals surface area contributed by atoms with Gasteiger partial charge in [-0.05, 0) is 33.6 Å². The largest absolute Gasteiger partial charge is 0.444 e. The third-order valence-electron chi connectivity index (χ3n) is 3.22. The van der Waals surface area contributed by atoms with Crippen LogP contribution < -0.4 is 5.32 Å². The molecule has 0 aliphatic carbocycles. The molecule has 96 valence electrons. The molecule has 0 saturated carbocycles. The van der Waals surface area contributed by atoms with Gasteiger partial charge in [0.25, 0.3) is 0 Å². The summed E-state index contributed by atoms with van der Waals surface area (Å²) >= 11 is 0. The molecule has 2 rings (SSSR count). The first-order valence-corrected chi connectivity index (χ1v) is 6.16. The summed E-state index contributed by atoms with van der Waals surface area (Å²) in [5, 5.41) is 2.87. The smallest absolute Gasteiger partial charge is 0.407 e. The molecule has 0 spiro atoms. The first-order valence-electron chi connectivity index (χ1n) is 6.16. The van der Waals surface area contributed by atoms with Crippen molar-refractivity contribution in [2.45, 2.75) is 57.7 Å². The van der Waals surface area contributed by atoms with Crippen LogP contribution >= 0.6 is 0 Å². The lowest BCUT2D eigenvalue weighted by molar-refractivity contribution is -0.127. The van der Waals surface area contributed by atoms with Gasteiger partial charge in [-0.2, -0.15) is 0 Å². The molecule has 17 heavy (non-hydrogen) atoms. The zero-order chi connectivity index (χ0) is 12.6. The zero-order valence-electron chi connectivity index (χ0n) is 10.7. The lowest BCUT2D eigenvalue weighted by atomic mass is 10.1. The average molecular weight is 240 g/mol. The molecule has 0 aromatic heterocycles. The third kappa shape index (κ3) is 2.70. The molecule has 2 aliphatic rings. The van der Waals surface area contributed by atoms with Crippen molar-refractivity contribution in [2.75, 3.05) is 6.54 Å². The summed E-state index contributed by atoms with van der Waals surface area (Å²) in [5.74, 6) is 0.212. The number of carbonyl (C=O) groups is 2. The highest BCUT2D eigenvalue weighted by molar-refractivity contribution is 5.79. The van der Waals surface area contributed by atoms with E-state index in [-0.39, 0.29) is 24.1 Å². The Morgan fingerprint density at radius 2 is 2.12 bits per heavy atom. The van der Waals surface area contributed by atoms with E-state index in [0.717, 1.165) is 19.4 Å². The monoisotopic (exact) mass is 240 g/mol. The molecule has 2 fully saturated rings. The lowest BCUT2D eigenvalue weighted by Gasteiger charge is -2.24. The number of fused-ring (bicyclic) bond motifs is 1. The predicted molar refractivity (Wildman–Crippen MR) is 62.5 cm³/mol. The number of nitrogens with one attached hydrogen (secondary N) is 1. The predicted octanol–water partition coefficient (Wildman–Crippen LogP) is 1.27. The number of hydrogen-bond acceptors (Lipinski definition) is 3. The summed E-state index contributed by atoms with van der Waals surface area (Å²) in [6, 6.07) is 0.228. The summed E-state index contributed by atoms with van der Waals surface area (Å²) in [7, 11) is 0. The number of ether oxygens (including phenoxy) is 1. The van der Waals surface area contributed by atoms with Crippen LogP contribution in [0.1, 0.15) is 40.0 Å². The van der Waals surface area contributed by atoms with Gasteiger partial charge in [-0.3, -0.25) is 4.79 Å². The molecule has 0 bridgehead atoms. The van der Waals surface area contributed by atoms with Crippen LogP contribution in [0.15, 0.2) is 0 Å². The van der Waals surface area contributed by atoms with Crippen molar-refractivity contribution in [3.05, 3.63) is 0 Å². The van der Waals surface area contributed by atoms with Crippen molar-refractivity contribution in [1.29, 1.82) is 0 Å².